The maximum absolute atomic E-state index is 10.9. The quantitative estimate of drug-likeness (QED) is 0.835. The van der Waals surface area contributed by atoms with Gasteiger partial charge in [-0.2, -0.15) is 0 Å². The molecule has 0 saturated heterocycles. The third-order valence-electron chi connectivity index (χ3n) is 2.75. The summed E-state index contributed by atoms with van der Waals surface area (Å²) >= 11 is 0. The molecule has 0 aliphatic heterocycles. The molecule has 20 heavy (non-hydrogen) atoms. The van der Waals surface area contributed by atoms with Gasteiger partial charge in [-0.1, -0.05) is 6.07 Å². The smallest absolute Gasteiger partial charge is 0.248 e. The summed E-state index contributed by atoms with van der Waals surface area (Å²) in [5, 5.41) is 9.91. The number of benzene rings is 2. The van der Waals surface area contributed by atoms with Crippen molar-refractivity contribution in [2.75, 3.05) is 7.11 Å². The normalized spacial score (nSPS) is 10.7. The van der Waals surface area contributed by atoms with Crippen LogP contribution in [-0.2, 0) is 0 Å². The summed E-state index contributed by atoms with van der Waals surface area (Å²) < 4.78 is 5.02. The molecular weight excluding hydrogens is 256 g/mol. The van der Waals surface area contributed by atoms with Gasteiger partial charge in [0, 0.05) is 17.3 Å². The zero-order chi connectivity index (χ0) is 14.5. The zero-order valence-electron chi connectivity index (χ0n) is 10.9. The minimum Gasteiger partial charge on any atom is -0.504 e. The third-order valence-corrected chi connectivity index (χ3v) is 2.75. The van der Waals surface area contributed by atoms with Crippen molar-refractivity contribution < 1.29 is 14.6 Å². The number of carbonyl (C=O) groups is 1. The van der Waals surface area contributed by atoms with Crippen LogP contribution in [0.2, 0.25) is 0 Å². The molecule has 0 spiro atoms. The maximum Gasteiger partial charge on any atom is 0.248 e. The first kappa shape index (κ1) is 13.6. The highest BCUT2D eigenvalue weighted by Gasteiger charge is 2.04. The number of amides is 1. The maximum atomic E-state index is 10.9. The number of phenolic OH excluding ortho intramolecular Hbond substituents is 1. The lowest BCUT2D eigenvalue weighted by Crippen LogP contribution is -2.10. The molecular formula is C15H14N2O3. The fourth-order valence-corrected chi connectivity index (χ4v) is 1.66. The minimum absolute atomic E-state index is 0.0347. The minimum atomic E-state index is -0.481. The van der Waals surface area contributed by atoms with Crippen LogP contribution < -0.4 is 10.5 Å². The van der Waals surface area contributed by atoms with E-state index < -0.39 is 5.91 Å². The van der Waals surface area contributed by atoms with E-state index in [4.69, 9.17) is 10.5 Å². The standard InChI is InChI=1S/C15H14N2O3/c1-20-13-4-2-3-11(14(13)18)9-17-12-7-5-10(6-8-12)15(16)19/h2-9,18H,1H3,(H2,16,19). The molecule has 1 amide bonds. The summed E-state index contributed by atoms with van der Waals surface area (Å²) in [5.41, 5.74) is 6.78. The first-order valence-electron chi connectivity index (χ1n) is 5.91. The molecule has 102 valence electrons. The van der Waals surface area contributed by atoms with Crippen LogP contribution in [0.15, 0.2) is 47.5 Å². The molecule has 0 unspecified atom stereocenters. The van der Waals surface area contributed by atoms with Crippen LogP contribution in [0.1, 0.15) is 15.9 Å². The average Bonchev–Trinajstić information content (AvgIpc) is 2.46. The van der Waals surface area contributed by atoms with Gasteiger partial charge < -0.3 is 15.6 Å². The molecule has 0 saturated carbocycles. The molecule has 2 rings (SSSR count). The Balaban J connectivity index is 2.23. The van der Waals surface area contributed by atoms with Gasteiger partial charge in [0.1, 0.15) is 0 Å². The summed E-state index contributed by atoms with van der Waals surface area (Å²) in [5.74, 6) is -0.0588. The Morgan fingerprint density at radius 3 is 2.55 bits per heavy atom. The summed E-state index contributed by atoms with van der Waals surface area (Å²) in [6.45, 7) is 0. The number of aliphatic imine (C=N–C) groups is 1. The lowest BCUT2D eigenvalue weighted by Gasteiger charge is -2.04. The van der Waals surface area contributed by atoms with Crippen LogP contribution in [-0.4, -0.2) is 24.3 Å². The number of phenols is 1. The van der Waals surface area contributed by atoms with Crippen LogP contribution in [0.4, 0.5) is 5.69 Å². The van der Waals surface area contributed by atoms with Crippen molar-refractivity contribution >= 4 is 17.8 Å². The van der Waals surface area contributed by atoms with Crippen molar-refractivity contribution in [1.29, 1.82) is 0 Å². The van der Waals surface area contributed by atoms with E-state index in [1.807, 2.05) is 0 Å². The molecule has 5 heteroatoms. The molecule has 0 aliphatic rings. The largest absolute Gasteiger partial charge is 0.504 e. The Morgan fingerprint density at radius 2 is 1.95 bits per heavy atom. The number of para-hydroxylation sites is 1. The molecule has 3 N–H and O–H groups in total. The average molecular weight is 270 g/mol. The number of ether oxygens (including phenoxy) is 1. The van der Waals surface area contributed by atoms with Gasteiger partial charge >= 0.3 is 0 Å². The second-order valence-corrected chi connectivity index (χ2v) is 4.07. The van der Waals surface area contributed by atoms with E-state index in [2.05, 4.69) is 4.99 Å². The highest BCUT2D eigenvalue weighted by molar-refractivity contribution is 5.93. The number of nitrogens with two attached hydrogens (primary N) is 1. The Bertz CT molecular complexity index is 649. The van der Waals surface area contributed by atoms with Crippen LogP contribution in [0.3, 0.4) is 0 Å². The first-order chi connectivity index (χ1) is 9.61. The summed E-state index contributed by atoms with van der Waals surface area (Å²) in [7, 11) is 1.48. The molecule has 0 atom stereocenters. The van der Waals surface area contributed by atoms with Crippen LogP contribution in [0, 0.1) is 0 Å². The summed E-state index contributed by atoms with van der Waals surface area (Å²) in [6, 6.07) is 11.7. The Labute approximate surface area is 116 Å². The molecule has 2 aromatic carbocycles. The first-order valence-corrected chi connectivity index (χ1v) is 5.91. The predicted molar refractivity (Wildman–Crippen MR) is 76.9 cm³/mol. The Morgan fingerprint density at radius 1 is 1.25 bits per heavy atom. The van der Waals surface area contributed by atoms with Crippen molar-refractivity contribution in [3.8, 4) is 11.5 Å². The molecule has 2 aromatic rings. The van der Waals surface area contributed by atoms with E-state index in [-0.39, 0.29) is 5.75 Å². The highest BCUT2D eigenvalue weighted by atomic mass is 16.5. The van der Waals surface area contributed by atoms with Crippen LogP contribution in [0.25, 0.3) is 0 Å². The van der Waals surface area contributed by atoms with Gasteiger partial charge in [0.05, 0.1) is 12.8 Å². The summed E-state index contributed by atoms with van der Waals surface area (Å²) in [6.07, 6.45) is 1.52. The molecule has 0 bridgehead atoms. The van der Waals surface area contributed by atoms with E-state index in [0.717, 1.165) is 0 Å². The van der Waals surface area contributed by atoms with E-state index in [1.165, 1.54) is 13.3 Å². The lowest BCUT2D eigenvalue weighted by molar-refractivity contribution is 0.100. The van der Waals surface area contributed by atoms with Gasteiger partial charge in [-0.25, -0.2) is 0 Å². The van der Waals surface area contributed by atoms with Crippen molar-refractivity contribution in [1.82, 2.24) is 0 Å². The van der Waals surface area contributed by atoms with Gasteiger partial charge in [0.25, 0.3) is 0 Å². The number of carbonyl (C=O) groups excluding carboxylic acids is 1. The van der Waals surface area contributed by atoms with Gasteiger partial charge in [-0.15, -0.1) is 0 Å². The molecule has 0 fully saturated rings. The number of rotatable bonds is 4. The highest BCUT2D eigenvalue weighted by Crippen LogP contribution is 2.28. The van der Waals surface area contributed by atoms with Crippen molar-refractivity contribution in [2.24, 2.45) is 10.7 Å². The van der Waals surface area contributed by atoms with Crippen LogP contribution in [0.5, 0.6) is 11.5 Å². The number of methoxy groups -OCH3 is 1. The SMILES string of the molecule is COc1cccc(C=Nc2ccc(C(N)=O)cc2)c1O. The fourth-order valence-electron chi connectivity index (χ4n) is 1.66. The van der Waals surface area contributed by atoms with E-state index in [9.17, 15) is 9.90 Å². The Hall–Kier alpha value is -2.82. The topological polar surface area (TPSA) is 84.9 Å². The number of aromatic hydroxyl groups is 1. The van der Waals surface area contributed by atoms with E-state index in [1.54, 1.807) is 42.5 Å². The molecule has 0 radical (unpaired) electrons. The van der Waals surface area contributed by atoms with Gasteiger partial charge in [0.2, 0.25) is 5.91 Å². The number of nitrogens with zero attached hydrogens (tertiary/aromatic N) is 1. The van der Waals surface area contributed by atoms with Gasteiger partial charge in [0.15, 0.2) is 11.5 Å². The number of hydrogen-bond donors (Lipinski definition) is 2. The number of hydrogen-bond acceptors (Lipinski definition) is 4. The monoisotopic (exact) mass is 270 g/mol. The summed E-state index contributed by atoms with van der Waals surface area (Å²) in [4.78, 5) is 15.2. The van der Waals surface area contributed by atoms with E-state index >= 15 is 0 Å². The Kier molecular flexibility index (Phi) is 4.00. The molecule has 0 heterocycles. The zero-order valence-corrected chi connectivity index (χ0v) is 10.9. The second-order valence-electron chi connectivity index (χ2n) is 4.07. The van der Waals surface area contributed by atoms with Gasteiger partial charge in [-0.05, 0) is 36.4 Å². The van der Waals surface area contributed by atoms with Crippen molar-refractivity contribution in [3.05, 3.63) is 53.6 Å². The third kappa shape index (κ3) is 2.95. The molecule has 0 aliphatic carbocycles. The molecule has 5 nitrogen and oxygen atoms in total. The van der Waals surface area contributed by atoms with Gasteiger partial charge in [-0.3, -0.25) is 9.79 Å². The van der Waals surface area contributed by atoms with E-state index in [0.29, 0.717) is 22.6 Å². The fraction of sp³-hybridized carbons (Fsp3) is 0.0667. The van der Waals surface area contributed by atoms with Crippen molar-refractivity contribution in [3.63, 3.8) is 0 Å². The van der Waals surface area contributed by atoms with Crippen LogP contribution >= 0.6 is 0 Å². The molecule has 0 aromatic heterocycles. The second kappa shape index (κ2) is 5.88. The van der Waals surface area contributed by atoms with Crippen molar-refractivity contribution in [2.45, 2.75) is 0 Å². The predicted octanol–water partition coefficient (Wildman–Crippen LogP) is 2.25. The lowest BCUT2D eigenvalue weighted by atomic mass is 10.2. The number of primary amides is 1.